The second-order valence-corrected chi connectivity index (χ2v) is 6.49. The molecular formula is C21H34NO2. The molecule has 0 aliphatic carbocycles. The first kappa shape index (κ1) is 20.5. The molecule has 0 heterocycles. The lowest BCUT2D eigenvalue weighted by Gasteiger charge is -2.07. The number of hydrogen-bond acceptors (Lipinski definition) is 2. The molecule has 0 spiro atoms. The minimum Gasteiger partial charge on any atom is -0.494 e. The number of nitrogens with one attached hydrogen (secondary N) is 1. The van der Waals surface area contributed by atoms with Gasteiger partial charge in [-0.05, 0) is 18.6 Å². The molecule has 1 N–H and O–H groups in total. The summed E-state index contributed by atoms with van der Waals surface area (Å²) in [5.74, 6) is 0.804. The molecule has 3 nitrogen and oxygen atoms in total. The number of unbranched alkanes of at least 4 members (excludes halogenated alkanes) is 11. The van der Waals surface area contributed by atoms with Crippen LogP contribution in [0.1, 0.15) is 84.0 Å². The van der Waals surface area contributed by atoms with Crippen LogP contribution in [-0.2, 0) is 4.79 Å². The number of ether oxygens (including phenoxy) is 1. The van der Waals surface area contributed by atoms with Crippen LogP contribution in [0.25, 0.3) is 0 Å². The lowest BCUT2D eigenvalue weighted by atomic mass is 10.1. The van der Waals surface area contributed by atoms with Crippen molar-refractivity contribution in [2.24, 2.45) is 0 Å². The van der Waals surface area contributed by atoms with Crippen molar-refractivity contribution in [3.05, 3.63) is 24.3 Å². The Morgan fingerprint density at radius 2 is 1.46 bits per heavy atom. The number of benzene rings is 1. The van der Waals surface area contributed by atoms with Gasteiger partial charge in [0.2, 0.25) is 0 Å². The van der Waals surface area contributed by atoms with Crippen LogP contribution in [0.2, 0.25) is 0 Å². The maximum Gasteiger partial charge on any atom is 0.314 e. The summed E-state index contributed by atoms with van der Waals surface area (Å²) < 4.78 is 5.72. The van der Waals surface area contributed by atoms with E-state index in [-0.39, 0.29) is 0 Å². The van der Waals surface area contributed by atoms with E-state index in [1.165, 1.54) is 70.6 Å². The highest BCUT2D eigenvalue weighted by molar-refractivity contribution is 5.72. The quantitative estimate of drug-likeness (QED) is 0.287. The molecule has 0 fully saturated rings. The molecule has 0 aliphatic heterocycles. The number of anilines is 1. The second-order valence-electron chi connectivity index (χ2n) is 6.49. The molecule has 0 aromatic heterocycles. The van der Waals surface area contributed by atoms with Gasteiger partial charge in [-0.15, -0.1) is 0 Å². The lowest BCUT2D eigenvalue weighted by molar-refractivity contribution is 0.304. The summed E-state index contributed by atoms with van der Waals surface area (Å²) in [4.78, 5) is 10.3. The third kappa shape index (κ3) is 11.1. The van der Waals surface area contributed by atoms with Crippen molar-refractivity contribution in [3.8, 4) is 5.75 Å². The summed E-state index contributed by atoms with van der Waals surface area (Å²) >= 11 is 0. The summed E-state index contributed by atoms with van der Waals surface area (Å²) in [6, 6.07) is 7.43. The minimum atomic E-state index is 0.720. The molecule has 0 saturated heterocycles. The van der Waals surface area contributed by atoms with E-state index >= 15 is 0 Å². The van der Waals surface area contributed by atoms with Gasteiger partial charge < -0.3 is 10.1 Å². The number of amides is 1. The number of carbonyl (C=O) groups excluding carboxylic acids is 1. The normalized spacial score (nSPS) is 10.5. The first-order valence-electron chi connectivity index (χ1n) is 9.73. The highest BCUT2D eigenvalue weighted by atomic mass is 16.5. The maximum atomic E-state index is 10.3. The molecule has 24 heavy (non-hydrogen) atoms. The van der Waals surface area contributed by atoms with Crippen LogP contribution in [0.15, 0.2) is 24.3 Å². The fraction of sp³-hybridized carbons (Fsp3) is 0.667. The predicted molar refractivity (Wildman–Crippen MR) is 102 cm³/mol. The first-order valence-corrected chi connectivity index (χ1v) is 9.73. The Balaban J connectivity index is 1.88. The van der Waals surface area contributed by atoms with Crippen molar-refractivity contribution in [3.63, 3.8) is 0 Å². The van der Waals surface area contributed by atoms with Gasteiger partial charge in [-0.1, -0.05) is 83.6 Å². The van der Waals surface area contributed by atoms with Crippen molar-refractivity contribution in [2.75, 3.05) is 11.9 Å². The van der Waals surface area contributed by atoms with Gasteiger partial charge in [0.15, 0.2) is 0 Å². The van der Waals surface area contributed by atoms with Gasteiger partial charge in [0.05, 0.1) is 6.61 Å². The molecule has 0 unspecified atom stereocenters. The Labute approximate surface area is 148 Å². The summed E-state index contributed by atoms with van der Waals surface area (Å²) in [5, 5.41) is 2.51. The molecule has 1 radical (unpaired) electrons. The predicted octanol–water partition coefficient (Wildman–Crippen LogP) is 6.25. The van der Waals surface area contributed by atoms with E-state index in [1.807, 2.05) is 24.3 Å². The topological polar surface area (TPSA) is 38.3 Å². The van der Waals surface area contributed by atoms with Crippen LogP contribution in [0.3, 0.4) is 0 Å². The molecule has 1 aromatic rings. The number of rotatable bonds is 16. The summed E-state index contributed by atoms with van der Waals surface area (Å²) in [6.45, 7) is 3.01. The largest absolute Gasteiger partial charge is 0.494 e. The Morgan fingerprint density at radius 3 is 2.04 bits per heavy atom. The van der Waals surface area contributed by atoms with Gasteiger partial charge in [-0.25, -0.2) is 0 Å². The Kier molecular flexibility index (Phi) is 12.9. The molecule has 3 heteroatoms. The van der Waals surface area contributed by atoms with Gasteiger partial charge >= 0.3 is 6.41 Å². The zero-order chi connectivity index (χ0) is 17.3. The molecule has 0 aliphatic rings. The number of hydrogen-bond donors (Lipinski definition) is 1. The van der Waals surface area contributed by atoms with Gasteiger partial charge in [-0.3, -0.25) is 4.79 Å². The molecule has 0 atom stereocenters. The maximum absolute atomic E-state index is 10.3. The summed E-state index contributed by atoms with van der Waals surface area (Å²) in [7, 11) is 0. The zero-order valence-electron chi connectivity index (χ0n) is 15.3. The van der Waals surface area contributed by atoms with E-state index in [2.05, 4.69) is 12.2 Å². The van der Waals surface area contributed by atoms with E-state index in [9.17, 15) is 4.79 Å². The Morgan fingerprint density at radius 1 is 0.875 bits per heavy atom. The van der Waals surface area contributed by atoms with Crippen LogP contribution < -0.4 is 10.1 Å². The van der Waals surface area contributed by atoms with Crippen LogP contribution in [0, 0.1) is 0 Å². The van der Waals surface area contributed by atoms with Gasteiger partial charge in [0, 0.05) is 11.8 Å². The Hall–Kier alpha value is -1.51. The monoisotopic (exact) mass is 332 g/mol. The Bertz CT molecular complexity index is 420. The van der Waals surface area contributed by atoms with E-state index in [0.29, 0.717) is 0 Å². The van der Waals surface area contributed by atoms with Crippen molar-refractivity contribution in [1.29, 1.82) is 0 Å². The fourth-order valence-corrected chi connectivity index (χ4v) is 2.86. The van der Waals surface area contributed by atoms with Gasteiger partial charge in [-0.2, -0.15) is 0 Å². The van der Waals surface area contributed by atoms with Gasteiger partial charge in [0.1, 0.15) is 5.75 Å². The van der Waals surface area contributed by atoms with Crippen LogP contribution >= 0.6 is 0 Å². The van der Waals surface area contributed by atoms with E-state index in [1.54, 1.807) is 6.41 Å². The van der Waals surface area contributed by atoms with Gasteiger partial charge in [0.25, 0.3) is 0 Å². The molecule has 1 aromatic carbocycles. The first-order chi connectivity index (χ1) is 11.9. The van der Waals surface area contributed by atoms with E-state index in [0.717, 1.165) is 24.5 Å². The SMILES string of the molecule is CCCCCCCCCCCCCCOc1cccc(N[C]=O)c1. The highest BCUT2D eigenvalue weighted by Gasteiger charge is 1.97. The molecule has 135 valence electrons. The van der Waals surface area contributed by atoms with E-state index in [4.69, 9.17) is 4.74 Å². The molecule has 1 rings (SSSR count). The molecule has 0 bridgehead atoms. The minimum absolute atomic E-state index is 0.720. The van der Waals surface area contributed by atoms with Crippen molar-refractivity contribution >= 4 is 12.1 Å². The fourth-order valence-electron chi connectivity index (χ4n) is 2.86. The van der Waals surface area contributed by atoms with Crippen molar-refractivity contribution in [2.45, 2.75) is 84.0 Å². The lowest BCUT2D eigenvalue weighted by Crippen LogP contribution is -1.99. The molecule has 1 amide bonds. The third-order valence-corrected chi connectivity index (χ3v) is 4.30. The van der Waals surface area contributed by atoms with E-state index < -0.39 is 0 Å². The highest BCUT2D eigenvalue weighted by Crippen LogP contribution is 2.17. The summed E-state index contributed by atoms with van der Waals surface area (Å²) in [6.07, 6.45) is 17.8. The van der Waals surface area contributed by atoms with Crippen LogP contribution in [0.5, 0.6) is 5.75 Å². The zero-order valence-corrected chi connectivity index (χ0v) is 15.3. The van der Waals surface area contributed by atoms with Crippen molar-refractivity contribution < 1.29 is 9.53 Å². The second kappa shape index (κ2) is 15.0. The average Bonchev–Trinajstić information content (AvgIpc) is 2.60. The molecular weight excluding hydrogens is 298 g/mol. The van der Waals surface area contributed by atoms with Crippen molar-refractivity contribution in [1.82, 2.24) is 0 Å². The molecule has 0 saturated carbocycles. The summed E-state index contributed by atoms with van der Waals surface area (Å²) in [5.41, 5.74) is 0.720. The smallest absolute Gasteiger partial charge is 0.314 e. The third-order valence-electron chi connectivity index (χ3n) is 4.30. The van der Waals surface area contributed by atoms with Crippen LogP contribution in [0.4, 0.5) is 5.69 Å². The average molecular weight is 333 g/mol. The standard InChI is InChI=1S/C21H34NO2/c1-2-3-4-5-6-7-8-9-10-11-12-13-17-24-21-16-14-15-20(18-21)22-19-23/h14-16,18H,2-13,17H2,1H3,(H,22,23). The van der Waals surface area contributed by atoms with Crippen LogP contribution in [-0.4, -0.2) is 13.0 Å².